The van der Waals surface area contributed by atoms with Gasteiger partial charge in [0.15, 0.2) is 12.3 Å². The molecule has 1 N–H and O–H groups in total. The smallest absolute Gasteiger partial charge is 0.338 e. The molecule has 0 bridgehead atoms. The van der Waals surface area contributed by atoms with Gasteiger partial charge in [-0.15, -0.1) is 11.6 Å². The van der Waals surface area contributed by atoms with Gasteiger partial charge in [-0.05, 0) is 31.2 Å². The predicted octanol–water partition coefficient (Wildman–Crippen LogP) is 2.51. The maximum absolute atomic E-state index is 12.8. The maximum atomic E-state index is 12.8. The van der Waals surface area contributed by atoms with E-state index in [1.54, 1.807) is 67.6 Å². The van der Waals surface area contributed by atoms with E-state index >= 15 is 0 Å². The Balaban J connectivity index is 1.62. The van der Waals surface area contributed by atoms with Crippen LogP contribution in [-0.2, 0) is 14.2 Å². The molecule has 4 atom stereocenters. The lowest BCUT2D eigenvalue weighted by atomic mass is 10.0. The van der Waals surface area contributed by atoms with E-state index < -0.39 is 46.5 Å². The van der Waals surface area contributed by atoms with Gasteiger partial charge in [0.1, 0.15) is 17.6 Å². The summed E-state index contributed by atoms with van der Waals surface area (Å²) < 4.78 is 18.2. The Morgan fingerprint density at radius 1 is 1.00 bits per heavy atom. The number of carbonyl (C=O) groups excluding carboxylic acids is 2. The van der Waals surface area contributed by atoms with E-state index in [1.807, 2.05) is 0 Å². The molecule has 0 saturated carbocycles. The van der Waals surface area contributed by atoms with E-state index in [2.05, 4.69) is 4.98 Å². The molecular weight excluding hydrogens is 464 g/mol. The second-order valence-corrected chi connectivity index (χ2v) is 8.67. The number of nitrogens with one attached hydrogen (secondary N) is 1. The minimum atomic E-state index is -1.45. The molecule has 2 aromatic carbocycles. The Morgan fingerprint density at radius 3 is 2.18 bits per heavy atom. The summed E-state index contributed by atoms with van der Waals surface area (Å²) in [6.07, 6.45) is -1.99. The molecule has 9 nitrogen and oxygen atoms in total. The van der Waals surface area contributed by atoms with Crippen molar-refractivity contribution in [2.24, 2.45) is 0 Å². The summed E-state index contributed by atoms with van der Waals surface area (Å²) in [5, 5.41) is 0. The first kappa shape index (κ1) is 23.5. The van der Waals surface area contributed by atoms with E-state index in [4.69, 9.17) is 25.8 Å². The van der Waals surface area contributed by atoms with Gasteiger partial charge in [0.2, 0.25) is 0 Å². The first-order chi connectivity index (χ1) is 16.3. The van der Waals surface area contributed by atoms with Gasteiger partial charge in [-0.2, -0.15) is 0 Å². The molecule has 176 valence electrons. The van der Waals surface area contributed by atoms with E-state index in [1.165, 1.54) is 6.20 Å². The van der Waals surface area contributed by atoms with Crippen LogP contribution in [0.25, 0.3) is 0 Å². The molecule has 3 unspecified atom stereocenters. The van der Waals surface area contributed by atoms with Crippen molar-refractivity contribution in [2.75, 3.05) is 6.61 Å². The third-order valence-electron chi connectivity index (χ3n) is 5.42. The lowest BCUT2D eigenvalue weighted by Gasteiger charge is -2.29. The number of alkyl halides is 1. The molecule has 0 aliphatic carbocycles. The molecule has 3 aromatic rings. The zero-order valence-electron chi connectivity index (χ0n) is 18.1. The molecule has 0 spiro atoms. The van der Waals surface area contributed by atoms with Crippen molar-refractivity contribution in [3.05, 3.63) is 105 Å². The van der Waals surface area contributed by atoms with E-state index in [0.29, 0.717) is 11.1 Å². The Labute approximate surface area is 198 Å². The molecule has 1 aliphatic heterocycles. The zero-order valence-corrected chi connectivity index (χ0v) is 18.8. The minimum Gasteiger partial charge on any atom is -0.459 e. The molecular formula is C24H21ClN2O7. The molecule has 0 amide bonds. The molecule has 1 aromatic heterocycles. The molecule has 4 rings (SSSR count). The van der Waals surface area contributed by atoms with Crippen LogP contribution < -0.4 is 11.2 Å². The lowest BCUT2D eigenvalue weighted by Crippen LogP contribution is -2.45. The van der Waals surface area contributed by atoms with Crippen LogP contribution in [0.2, 0.25) is 0 Å². The first-order valence-electron chi connectivity index (χ1n) is 10.4. The van der Waals surface area contributed by atoms with Crippen molar-refractivity contribution < 1.29 is 23.8 Å². The predicted molar refractivity (Wildman–Crippen MR) is 122 cm³/mol. The normalized spacial score (nSPS) is 23.9. The van der Waals surface area contributed by atoms with Gasteiger partial charge in [0, 0.05) is 12.3 Å². The summed E-state index contributed by atoms with van der Waals surface area (Å²) in [6, 6.07) is 17.8. The number of aromatic amines is 1. The van der Waals surface area contributed by atoms with Crippen LogP contribution in [-0.4, -0.2) is 45.2 Å². The van der Waals surface area contributed by atoms with E-state index in [0.717, 1.165) is 10.6 Å². The van der Waals surface area contributed by atoms with Gasteiger partial charge in [-0.25, -0.2) is 14.4 Å². The lowest BCUT2D eigenvalue weighted by molar-refractivity contribution is -0.0585. The highest BCUT2D eigenvalue weighted by molar-refractivity contribution is 6.24. The fraction of sp³-hybridized carbons (Fsp3) is 0.250. The second-order valence-electron chi connectivity index (χ2n) is 7.85. The van der Waals surface area contributed by atoms with Gasteiger partial charge >= 0.3 is 17.6 Å². The van der Waals surface area contributed by atoms with Crippen molar-refractivity contribution >= 4 is 23.5 Å². The van der Waals surface area contributed by atoms with Gasteiger partial charge in [-0.3, -0.25) is 14.3 Å². The molecule has 2 heterocycles. The van der Waals surface area contributed by atoms with Crippen molar-refractivity contribution in [3.8, 4) is 0 Å². The minimum absolute atomic E-state index is 0.291. The molecule has 10 heteroatoms. The van der Waals surface area contributed by atoms with Crippen molar-refractivity contribution in [1.82, 2.24) is 9.55 Å². The van der Waals surface area contributed by atoms with Gasteiger partial charge in [0.25, 0.3) is 5.56 Å². The van der Waals surface area contributed by atoms with Crippen LogP contribution in [0.15, 0.2) is 82.5 Å². The van der Waals surface area contributed by atoms with Crippen LogP contribution in [0.1, 0.15) is 33.9 Å². The number of ether oxygens (including phenoxy) is 3. The highest BCUT2D eigenvalue weighted by Crippen LogP contribution is 2.44. The largest absolute Gasteiger partial charge is 0.459 e. The van der Waals surface area contributed by atoms with Crippen molar-refractivity contribution in [1.29, 1.82) is 0 Å². The Morgan fingerprint density at radius 2 is 1.59 bits per heavy atom. The molecule has 34 heavy (non-hydrogen) atoms. The Hall–Kier alpha value is -3.69. The number of nitrogens with zero attached hydrogens (tertiary/aromatic N) is 1. The second kappa shape index (κ2) is 9.66. The SMILES string of the molecule is C[C@@]1(Cl)C(OC(=O)c2ccccc2)C(COC(=O)c2ccccc2)OC1n1ccc(=O)[nH]c1=O. The quantitative estimate of drug-likeness (QED) is 0.422. The average molecular weight is 485 g/mol. The number of halogens is 1. The molecule has 1 aliphatic rings. The zero-order chi connectivity index (χ0) is 24.3. The number of esters is 2. The number of hydrogen-bond donors (Lipinski definition) is 1. The molecule has 1 fully saturated rings. The number of hydrogen-bond acceptors (Lipinski definition) is 7. The Kier molecular flexibility index (Phi) is 6.67. The Bertz CT molecular complexity index is 1290. The van der Waals surface area contributed by atoms with Crippen molar-refractivity contribution in [2.45, 2.75) is 30.2 Å². The molecule has 1 saturated heterocycles. The molecule has 0 radical (unpaired) electrons. The third kappa shape index (κ3) is 4.80. The van der Waals surface area contributed by atoms with Crippen LogP contribution in [0.4, 0.5) is 0 Å². The van der Waals surface area contributed by atoms with E-state index in [-0.39, 0.29) is 6.61 Å². The highest BCUT2D eigenvalue weighted by atomic mass is 35.5. The van der Waals surface area contributed by atoms with Crippen LogP contribution in [0, 0.1) is 0 Å². The van der Waals surface area contributed by atoms with Crippen molar-refractivity contribution in [3.63, 3.8) is 0 Å². The monoisotopic (exact) mass is 484 g/mol. The summed E-state index contributed by atoms with van der Waals surface area (Å²) >= 11 is 6.81. The summed E-state index contributed by atoms with van der Waals surface area (Å²) in [5.74, 6) is -1.26. The summed E-state index contributed by atoms with van der Waals surface area (Å²) in [5.41, 5.74) is -0.713. The van der Waals surface area contributed by atoms with Crippen LogP contribution >= 0.6 is 11.6 Å². The van der Waals surface area contributed by atoms with Crippen LogP contribution in [0.5, 0.6) is 0 Å². The number of rotatable bonds is 6. The summed E-state index contributed by atoms with van der Waals surface area (Å²) in [6.45, 7) is 1.25. The standard InChI is InChI=1S/C24H21ClN2O7/c1-24(25)19(34-21(30)16-10-6-3-7-11-16)17(14-32-20(29)15-8-4-2-5-9-15)33-22(24)27-13-12-18(28)26-23(27)31/h2-13,17,19,22H,14H2,1H3,(H,26,28,31)/t17?,19?,22?,24-/m1/s1. The fourth-order valence-corrected chi connectivity index (χ4v) is 4.06. The topological polar surface area (TPSA) is 117 Å². The van der Waals surface area contributed by atoms with E-state index in [9.17, 15) is 19.2 Å². The van der Waals surface area contributed by atoms with Gasteiger partial charge < -0.3 is 14.2 Å². The summed E-state index contributed by atoms with van der Waals surface area (Å²) in [4.78, 5) is 49.8. The number of benzene rings is 2. The van der Waals surface area contributed by atoms with Crippen LogP contribution in [0.3, 0.4) is 0 Å². The highest BCUT2D eigenvalue weighted by Gasteiger charge is 2.56. The van der Waals surface area contributed by atoms with Gasteiger partial charge in [-0.1, -0.05) is 36.4 Å². The summed E-state index contributed by atoms with van der Waals surface area (Å²) in [7, 11) is 0. The van der Waals surface area contributed by atoms with Gasteiger partial charge in [0.05, 0.1) is 11.1 Å². The first-order valence-corrected chi connectivity index (χ1v) is 10.8. The average Bonchev–Trinajstić information content (AvgIpc) is 3.08. The number of aromatic nitrogens is 2. The number of carbonyl (C=O) groups is 2. The number of H-pyrrole nitrogens is 1. The maximum Gasteiger partial charge on any atom is 0.338 e. The fourth-order valence-electron chi connectivity index (χ4n) is 3.71. The third-order valence-corrected chi connectivity index (χ3v) is 5.82.